The van der Waals surface area contributed by atoms with Crippen LogP contribution in [0.25, 0.3) is 0 Å². The molecule has 1 aromatic heterocycles. The number of alkyl halides is 3. The van der Waals surface area contributed by atoms with E-state index in [1.165, 1.54) is 12.3 Å². The van der Waals surface area contributed by atoms with Gasteiger partial charge in [0.1, 0.15) is 12.4 Å². The van der Waals surface area contributed by atoms with Gasteiger partial charge in [0.15, 0.2) is 0 Å². The second kappa shape index (κ2) is 9.12. The molecule has 2 aromatic rings. The fourth-order valence-electron chi connectivity index (χ4n) is 2.57. The Labute approximate surface area is 167 Å². The first-order valence-corrected chi connectivity index (χ1v) is 10.4. The highest BCUT2D eigenvalue weighted by atomic mass is 32.2. The fourth-order valence-corrected chi connectivity index (χ4v) is 3.48. The van der Waals surface area contributed by atoms with E-state index in [1.807, 2.05) is 0 Å². The Hall–Kier alpha value is -2.82. The summed E-state index contributed by atoms with van der Waals surface area (Å²) in [4.78, 5) is 15.8. The van der Waals surface area contributed by atoms with Gasteiger partial charge in [0, 0.05) is 19.3 Å². The summed E-state index contributed by atoms with van der Waals surface area (Å²) in [6.07, 6.45) is -2.33. The molecule has 7 nitrogen and oxygen atoms in total. The molecule has 0 radical (unpaired) electrons. The van der Waals surface area contributed by atoms with Crippen LogP contribution in [0.2, 0.25) is 0 Å². The quantitative estimate of drug-likeness (QED) is 0.628. The number of carbonyl (C=O) groups is 1. The summed E-state index contributed by atoms with van der Waals surface area (Å²) in [5, 5.41) is 5.01. The van der Waals surface area contributed by atoms with Gasteiger partial charge in [0.05, 0.1) is 17.5 Å². The zero-order chi connectivity index (χ0) is 21.7. The Balaban J connectivity index is 1.95. The van der Waals surface area contributed by atoms with E-state index in [9.17, 15) is 26.4 Å². The van der Waals surface area contributed by atoms with Crippen LogP contribution in [0.15, 0.2) is 42.6 Å². The van der Waals surface area contributed by atoms with Gasteiger partial charge in [-0.15, -0.1) is 0 Å². The normalized spacial score (nSPS) is 11.8. The number of aromatic nitrogens is 1. The Morgan fingerprint density at radius 3 is 2.45 bits per heavy atom. The number of anilines is 2. The van der Waals surface area contributed by atoms with Crippen molar-refractivity contribution in [3.63, 3.8) is 0 Å². The van der Waals surface area contributed by atoms with E-state index in [4.69, 9.17) is 0 Å². The molecule has 0 aliphatic carbocycles. The molecule has 1 amide bonds. The van der Waals surface area contributed by atoms with Gasteiger partial charge in [-0.3, -0.25) is 9.10 Å². The Bertz CT molecular complexity index is 965. The Morgan fingerprint density at radius 1 is 1.14 bits per heavy atom. The number of nitrogens with one attached hydrogen (secondary N) is 2. The molecule has 29 heavy (non-hydrogen) atoms. The summed E-state index contributed by atoms with van der Waals surface area (Å²) in [5.74, 6) is -0.926. The minimum absolute atomic E-state index is 0.0158. The SMILES string of the molecule is Cc1ccccc1N(CC(=O)NCCNc1ncccc1C(F)(F)F)S(C)(=O)=O. The zero-order valence-corrected chi connectivity index (χ0v) is 16.6. The first kappa shape index (κ1) is 22.5. The number of rotatable bonds is 8. The highest BCUT2D eigenvalue weighted by molar-refractivity contribution is 7.92. The van der Waals surface area contributed by atoms with Crippen LogP contribution in [-0.2, 0) is 21.0 Å². The van der Waals surface area contributed by atoms with Crippen molar-refractivity contribution < 1.29 is 26.4 Å². The van der Waals surface area contributed by atoms with Crippen LogP contribution in [0, 0.1) is 6.92 Å². The second-order valence-electron chi connectivity index (χ2n) is 6.23. The van der Waals surface area contributed by atoms with E-state index in [-0.39, 0.29) is 18.9 Å². The van der Waals surface area contributed by atoms with Gasteiger partial charge in [0.2, 0.25) is 15.9 Å². The fraction of sp³-hybridized carbons (Fsp3) is 0.333. The number of amides is 1. The van der Waals surface area contributed by atoms with E-state index < -0.39 is 34.2 Å². The largest absolute Gasteiger partial charge is 0.419 e. The average Bonchev–Trinajstić information content (AvgIpc) is 2.63. The summed E-state index contributed by atoms with van der Waals surface area (Å²) in [7, 11) is -3.71. The van der Waals surface area contributed by atoms with Gasteiger partial charge in [0.25, 0.3) is 0 Å². The molecule has 0 saturated heterocycles. The molecule has 11 heteroatoms. The van der Waals surface area contributed by atoms with Crippen molar-refractivity contribution in [1.82, 2.24) is 10.3 Å². The first-order chi connectivity index (χ1) is 13.5. The minimum Gasteiger partial charge on any atom is -0.368 e. The first-order valence-electron chi connectivity index (χ1n) is 8.56. The number of halogens is 3. The molecule has 0 aliphatic heterocycles. The number of aryl methyl sites for hydroxylation is 1. The molecule has 0 unspecified atom stereocenters. The average molecular weight is 430 g/mol. The molecule has 158 valence electrons. The lowest BCUT2D eigenvalue weighted by molar-refractivity contribution is -0.137. The maximum Gasteiger partial charge on any atom is 0.419 e. The summed E-state index contributed by atoms with van der Waals surface area (Å²) in [6.45, 7) is 1.24. The molecule has 0 aliphatic rings. The van der Waals surface area contributed by atoms with Crippen molar-refractivity contribution in [3.05, 3.63) is 53.7 Å². The van der Waals surface area contributed by atoms with Gasteiger partial charge in [-0.2, -0.15) is 13.2 Å². The third kappa shape index (κ3) is 6.34. The molecule has 0 atom stereocenters. The van der Waals surface area contributed by atoms with E-state index in [2.05, 4.69) is 15.6 Å². The lowest BCUT2D eigenvalue weighted by atomic mass is 10.2. The molecule has 1 aromatic carbocycles. The number of benzene rings is 1. The number of hydrogen-bond acceptors (Lipinski definition) is 5. The molecular weight excluding hydrogens is 409 g/mol. The molecule has 1 heterocycles. The predicted octanol–water partition coefficient (Wildman–Crippen LogP) is 2.40. The van der Waals surface area contributed by atoms with Gasteiger partial charge >= 0.3 is 6.18 Å². The van der Waals surface area contributed by atoms with E-state index in [0.717, 1.165) is 16.6 Å². The standard InChI is InChI=1S/C18H21F3N4O3S/c1-13-6-3-4-8-15(13)25(29(2,27)28)12-16(26)22-10-11-24-17-14(18(19,20)21)7-5-9-23-17/h3-9H,10-12H2,1-2H3,(H,22,26)(H,23,24). The zero-order valence-electron chi connectivity index (χ0n) is 15.8. The third-order valence-electron chi connectivity index (χ3n) is 3.92. The Morgan fingerprint density at radius 2 is 1.83 bits per heavy atom. The molecule has 0 fully saturated rings. The van der Waals surface area contributed by atoms with E-state index >= 15 is 0 Å². The van der Waals surface area contributed by atoms with E-state index in [1.54, 1.807) is 31.2 Å². The van der Waals surface area contributed by atoms with Gasteiger partial charge in [-0.25, -0.2) is 13.4 Å². The lowest BCUT2D eigenvalue weighted by Gasteiger charge is -2.23. The lowest BCUT2D eigenvalue weighted by Crippen LogP contribution is -2.41. The van der Waals surface area contributed by atoms with Crippen LogP contribution < -0.4 is 14.9 Å². The van der Waals surface area contributed by atoms with Crippen molar-refractivity contribution >= 4 is 27.4 Å². The molecule has 0 saturated carbocycles. The third-order valence-corrected chi connectivity index (χ3v) is 5.05. The maximum absolute atomic E-state index is 12.9. The van der Waals surface area contributed by atoms with Crippen molar-refractivity contribution in [3.8, 4) is 0 Å². The summed E-state index contributed by atoms with van der Waals surface area (Å²) < 4.78 is 63.9. The van der Waals surface area contributed by atoms with Crippen LogP contribution in [0.1, 0.15) is 11.1 Å². The molecule has 2 rings (SSSR count). The number of hydrogen-bond donors (Lipinski definition) is 2. The maximum atomic E-state index is 12.9. The molecule has 0 spiro atoms. The molecule has 2 N–H and O–H groups in total. The summed E-state index contributed by atoms with van der Waals surface area (Å²) >= 11 is 0. The van der Waals surface area contributed by atoms with Crippen molar-refractivity contribution in [2.24, 2.45) is 0 Å². The number of para-hydroxylation sites is 1. The smallest absolute Gasteiger partial charge is 0.368 e. The monoisotopic (exact) mass is 430 g/mol. The van der Waals surface area contributed by atoms with Crippen LogP contribution in [0.5, 0.6) is 0 Å². The van der Waals surface area contributed by atoms with Crippen molar-refractivity contribution in [2.75, 3.05) is 35.5 Å². The Kier molecular flexibility index (Phi) is 7.07. The van der Waals surface area contributed by atoms with Crippen LogP contribution in [0.4, 0.5) is 24.7 Å². The van der Waals surface area contributed by atoms with Crippen LogP contribution in [0.3, 0.4) is 0 Å². The van der Waals surface area contributed by atoms with E-state index in [0.29, 0.717) is 11.3 Å². The molecular formula is C18H21F3N4O3S. The molecule has 0 bridgehead atoms. The predicted molar refractivity (Wildman–Crippen MR) is 104 cm³/mol. The summed E-state index contributed by atoms with van der Waals surface area (Å²) in [5.41, 5.74) is 0.155. The highest BCUT2D eigenvalue weighted by Gasteiger charge is 2.34. The minimum atomic E-state index is -4.55. The number of pyridine rings is 1. The van der Waals surface area contributed by atoms with Gasteiger partial charge < -0.3 is 10.6 Å². The second-order valence-corrected chi connectivity index (χ2v) is 8.14. The highest BCUT2D eigenvalue weighted by Crippen LogP contribution is 2.33. The van der Waals surface area contributed by atoms with Crippen molar-refractivity contribution in [1.29, 1.82) is 0 Å². The number of sulfonamides is 1. The van der Waals surface area contributed by atoms with Crippen molar-refractivity contribution in [2.45, 2.75) is 13.1 Å². The van der Waals surface area contributed by atoms with Gasteiger partial charge in [-0.05, 0) is 30.7 Å². The number of carbonyl (C=O) groups excluding carboxylic acids is 1. The number of nitrogens with zero attached hydrogens (tertiary/aromatic N) is 2. The van der Waals surface area contributed by atoms with Gasteiger partial charge in [-0.1, -0.05) is 18.2 Å². The topological polar surface area (TPSA) is 91.4 Å². The van der Waals surface area contributed by atoms with Crippen LogP contribution in [-0.4, -0.2) is 45.2 Å². The van der Waals surface area contributed by atoms with Crippen LogP contribution >= 0.6 is 0 Å². The summed E-state index contributed by atoms with van der Waals surface area (Å²) in [6, 6.07) is 8.80.